The number of likely N-dealkylation sites (tertiary alicyclic amines) is 1. The van der Waals surface area contributed by atoms with Gasteiger partial charge in [-0.15, -0.1) is 0 Å². The Hall–Kier alpha value is -3.36. The van der Waals surface area contributed by atoms with E-state index in [0.717, 1.165) is 5.56 Å². The molecule has 0 unspecified atom stereocenters. The largest absolute Gasteiger partial charge is 0.444 e. The summed E-state index contributed by atoms with van der Waals surface area (Å²) in [7, 11) is 1.53. The fraction of sp³-hybridized carbons (Fsp3) is 0.500. The zero-order chi connectivity index (χ0) is 23.9. The molecule has 0 spiro atoms. The summed E-state index contributed by atoms with van der Waals surface area (Å²) in [6.07, 6.45) is -0.315. The first-order valence-electron chi connectivity index (χ1n) is 11.2. The smallest absolute Gasteiger partial charge is 0.410 e. The Balaban J connectivity index is 1.46. The molecule has 9 nitrogen and oxygen atoms in total. The summed E-state index contributed by atoms with van der Waals surface area (Å²) in [6, 6.07) is 11.0. The first kappa shape index (κ1) is 22.8. The molecule has 1 aromatic heterocycles. The van der Waals surface area contributed by atoms with E-state index in [1.165, 1.54) is 13.1 Å². The molecule has 0 bridgehead atoms. The van der Waals surface area contributed by atoms with Crippen LogP contribution in [0.4, 0.5) is 4.79 Å². The number of piperidine rings is 1. The first-order chi connectivity index (χ1) is 15.6. The molecule has 1 aromatic carbocycles. The molecule has 1 aliphatic carbocycles. The van der Waals surface area contributed by atoms with E-state index in [1.807, 2.05) is 58.0 Å². The van der Waals surface area contributed by atoms with Gasteiger partial charge in [-0.3, -0.25) is 14.3 Å². The van der Waals surface area contributed by atoms with Gasteiger partial charge in [0.1, 0.15) is 11.3 Å². The van der Waals surface area contributed by atoms with Gasteiger partial charge in [0.15, 0.2) is 5.69 Å². The zero-order valence-electron chi connectivity index (χ0n) is 19.7. The van der Waals surface area contributed by atoms with Crippen molar-refractivity contribution in [2.75, 3.05) is 20.1 Å². The zero-order valence-corrected chi connectivity index (χ0v) is 19.7. The molecule has 33 heavy (non-hydrogen) atoms. The van der Waals surface area contributed by atoms with Gasteiger partial charge < -0.3 is 20.3 Å². The second-order valence-corrected chi connectivity index (χ2v) is 9.74. The Morgan fingerprint density at radius 3 is 2.30 bits per heavy atom. The van der Waals surface area contributed by atoms with Crippen LogP contribution in [0.15, 0.2) is 36.4 Å². The summed E-state index contributed by atoms with van der Waals surface area (Å²) >= 11 is 0. The molecule has 4 atom stereocenters. The first-order valence-corrected chi connectivity index (χ1v) is 11.2. The summed E-state index contributed by atoms with van der Waals surface area (Å²) < 4.78 is 7.04. The molecule has 4 rings (SSSR count). The van der Waals surface area contributed by atoms with E-state index < -0.39 is 5.60 Å². The van der Waals surface area contributed by atoms with Crippen LogP contribution in [0.1, 0.15) is 60.3 Å². The van der Waals surface area contributed by atoms with Crippen LogP contribution in [-0.2, 0) is 4.74 Å². The summed E-state index contributed by atoms with van der Waals surface area (Å²) in [6.45, 7) is 8.60. The summed E-state index contributed by atoms with van der Waals surface area (Å²) in [4.78, 5) is 39.4. The Bertz CT molecular complexity index is 1050. The number of carbonyl (C=O) groups is 3. The van der Waals surface area contributed by atoms with Crippen molar-refractivity contribution in [3.05, 3.63) is 53.3 Å². The second-order valence-electron chi connectivity index (χ2n) is 9.74. The molecule has 2 aromatic rings. The highest BCUT2D eigenvalue weighted by atomic mass is 16.6. The summed E-state index contributed by atoms with van der Waals surface area (Å²) in [5, 5.41) is 10.1. The number of nitrogens with one attached hydrogen (secondary N) is 2. The van der Waals surface area contributed by atoms with Crippen molar-refractivity contribution in [1.82, 2.24) is 25.3 Å². The lowest BCUT2D eigenvalue weighted by Gasteiger charge is -2.26. The van der Waals surface area contributed by atoms with Crippen LogP contribution >= 0.6 is 0 Å². The lowest BCUT2D eigenvalue weighted by Crippen LogP contribution is -2.40. The number of nitrogens with zero attached hydrogens (tertiary/aromatic N) is 3. The Kier molecular flexibility index (Phi) is 5.90. The average molecular weight is 454 g/mol. The van der Waals surface area contributed by atoms with Gasteiger partial charge >= 0.3 is 6.09 Å². The van der Waals surface area contributed by atoms with Crippen molar-refractivity contribution in [3.8, 4) is 0 Å². The Labute approximate surface area is 193 Å². The molecule has 2 N–H and O–H groups in total. The highest BCUT2D eigenvalue weighted by Crippen LogP contribution is 2.46. The van der Waals surface area contributed by atoms with E-state index in [0.29, 0.717) is 18.8 Å². The van der Waals surface area contributed by atoms with Crippen molar-refractivity contribution in [1.29, 1.82) is 0 Å². The van der Waals surface area contributed by atoms with Crippen molar-refractivity contribution in [2.24, 2.45) is 11.8 Å². The van der Waals surface area contributed by atoms with Crippen LogP contribution in [0, 0.1) is 11.8 Å². The highest BCUT2D eigenvalue weighted by molar-refractivity contribution is 5.98. The predicted molar refractivity (Wildman–Crippen MR) is 122 cm³/mol. The van der Waals surface area contributed by atoms with Crippen LogP contribution in [0.2, 0.25) is 0 Å². The van der Waals surface area contributed by atoms with Gasteiger partial charge in [0, 0.05) is 44.1 Å². The van der Waals surface area contributed by atoms with Gasteiger partial charge in [-0.2, -0.15) is 5.10 Å². The topological polar surface area (TPSA) is 106 Å². The van der Waals surface area contributed by atoms with E-state index in [4.69, 9.17) is 4.74 Å². The molecule has 1 saturated heterocycles. The van der Waals surface area contributed by atoms with Crippen LogP contribution in [0.25, 0.3) is 0 Å². The van der Waals surface area contributed by atoms with Crippen molar-refractivity contribution in [2.45, 2.75) is 45.4 Å². The van der Waals surface area contributed by atoms with Crippen molar-refractivity contribution in [3.63, 3.8) is 0 Å². The van der Waals surface area contributed by atoms with Crippen LogP contribution in [-0.4, -0.2) is 64.4 Å². The average Bonchev–Trinajstić information content (AvgIpc) is 3.16. The molecule has 3 amide bonds. The van der Waals surface area contributed by atoms with Gasteiger partial charge in [-0.1, -0.05) is 30.3 Å². The number of ether oxygens (including phenoxy) is 1. The normalized spacial score (nSPS) is 22.3. The number of rotatable bonds is 5. The highest BCUT2D eigenvalue weighted by Gasteiger charge is 2.58. The second kappa shape index (κ2) is 8.53. The lowest BCUT2D eigenvalue weighted by atomic mass is 10.1. The molecule has 2 aliphatic rings. The van der Waals surface area contributed by atoms with Gasteiger partial charge in [0.2, 0.25) is 0 Å². The van der Waals surface area contributed by atoms with Crippen LogP contribution in [0.3, 0.4) is 0 Å². The number of hydrogen-bond acceptors (Lipinski definition) is 5. The third kappa shape index (κ3) is 4.72. The minimum absolute atomic E-state index is 0.00461. The maximum Gasteiger partial charge on any atom is 0.410 e. The third-order valence-corrected chi connectivity index (χ3v) is 6.22. The maximum absolute atomic E-state index is 13.2. The van der Waals surface area contributed by atoms with Crippen molar-refractivity contribution >= 4 is 17.9 Å². The molecule has 2 fully saturated rings. The van der Waals surface area contributed by atoms with E-state index in [2.05, 4.69) is 15.7 Å². The quantitative estimate of drug-likeness (QED) is 0.724. The van der Waals surface area contributed by atoms with E-state index in [9.17, 15) is 14.4 Å². The molecule has 9 heteroatoms. The summed E-state index contributed by atoms with van der Waals surface area (Å²) in [5.74, 6) is -0.200. The Morgan fingerprint density at radius 2 is 1.73 bits per heavy atom. The third-order valence-electron chi connectivity index (χ3n) is 6.22. The molecule has 0 radical (unpaired) electrons. The predicted octanol–water partition coefficient (Wildman–Crippen LogP) is 2.45. The number of aromatic nitrogens is 2. The molecule has 1 aliphatic heterocycles. The number of carbonyl (C=O) groups excluding carboxylic acids is 3. The lowest BCUT2D eigenvalue weighted by molar-refractivity contribution is 0.0269. The molecule has 2 heterocycles. The molecule has 176 valence electrons. The van der Waals surface area contributed by atoms with E-state index in [1.54, 1.807) is 9.58 Å². The van der Waals surface area contributed by atoms with Crippen molar-refractivity contribution < 1.29 is 19.1 Å². The van der Waals surface area contributed by atoms with Gasteiger partial charge in [0.25, 0.3) is 11.8 Å². The van der Waals surface area contributed by atoms with E-state index in [-0.39, 0.29) is 47.5 Å². The van der Waals surface area contributed by atoms with E-state index >= 15 is 0 Å². The number of fused-ring (bicyclic) bond motifs is 1. The summed E-state index contributed by atoms with van der Waals surface area (Å²) in [5.41, 5.74) is 0.972. The van der Waals surface area contributed by atoms with Gasteiger partial charge in [0.05, 0.1) is 6.04 Å². The number of hydrogen-bond donors (Lipinski definition) is 2. The Morgan fingerprint density at radius 1 is 1.09 bits per heavy atom. The molecular weight excluding hydrogens is 422 g/mol. The van der Waals surface area contributed by atoms with Crippen LogP contribution < -0.4 is 10.6 Å². The SMILES string of the molecule is CNC(=O)c1cc(C(=O)N[C@H]2[C@@H]3CN(C(=O)OC(C)(C)C)C[C@@H]32)n([C@@H](C)c2ccccc2)n1. The number of benzene rings is 1. The fourth-order valence-electron chi connectivity index (χ4n) is 4.41. The van der Waals surface area contributed by atoms with Gasteiger partial charge in [-0.05, 0) is 33.3 Å². The van der Waals surface area contributed by atoms with Gasteiger partial charge in [-0.25, -0.2) is 4.79 Å². The minimum atomic E-state index is -0.534. The fourth-order valence-corrected chi connectivity index (χ4v) is 4.41. The maximum atomic E-state index is 13.2. The monoisotopic (exact) mass is 453 g/mol. The number of amides is 3. The standard InChI is InChI=1S/C24H31N5O4/c1-14(15-9-7-6-8-10-15)29-19(11-18(27-29)21(30)25-5)22(31)26-20-16-12-28(13-17(16)20)23(32)33-24(2,3)4/h6-11,14,16-17,20H,12-13H2,1-5H3,(H,25,30)(H,26,31)/t14-,16-,17+,20+/m0/s1. The van der Waals surface area contributed by atoms with Crippen LogP contribution in [0.5, 0.6) is 0 Å². The molecular formula is C24H31N5O4. The minimum Gasteiger partial charge on any atom is -0.444 e. The molecule has 1 saturated carbocycles.